The zero-order valence-electron chi connectivity index (χ0n) is 25.9. The summed E-state index contributed by atoms with van der Waals surface area (Å²) < 4.78 is 54.8. The molecule has 5 aromatic rings. The zero-order valence-corrected chi connectivity index (χ0v) is 26.7. The van der Waals surface area contributed by atoms with Gasteiger partial charge >= 0.3 is 0 Å². The summed E-state index contributed by atoms with van der Waals surface area (Å²) in [5.41, 5.74) is 1.62. The number of anilines is 1. The van der Waals surface area contributed by atoms with E-state index < -0.39 is 10.0 Å². The van der Waals surface area contributed by atoms with Gasteiger partial charge in [0, 0.05) is 18.4 Å². The minimum Gasteiger partial charge on any atom is -0.493 e. The number of H-pyrrole nitrogens is 1. The molecule has 1 atom stereocenters. The number of ether oxygens (including phenoxy) is 4. The minimum atomic E-state index is -4.17. The number of nitrogens with zero attached hydrogens (tertiary/aromatic N) is 6. The second-order valence-corrected chi connectivity index (χ2v) is 12.4. The van der Waals surface area contributed by atoms with E-state index in [2.05, 4.69) is 37.3 Å². The first-order valence-electron chi connectivity index (χ1n) is 15.2. The second kappa shape index (κ2) is 14.5. The maximum atomic E-state index is 14.1. The lowest BCUT2D eigenvalue weighted by molar-refractivity contribution is 0.0654. The van der Waals surface area contributed by atoms with E-state index >= 15 is 0 Å². The van der Waals surface area contributed by atoms with Gasteiger partial charge in [-0.15, -0.1) is 5.10 Å². The quantitative estimate of drug-likeness (QED) is 0.159. The van der Waals surface area contributed by atoms with E-state index in [1.54, 1.807) is 54.7 Å². The Morgan fingerprint density at radius 1 is 1.06 bits per heavy atom. The fourth-order valence-corrected chi connectivity index (χ4v) is 6.34. The summed E-state index contributed by atoms with van der Waals surface area (Å²) >= 11 is 0. The molecule has 1 unspecified atom stereocenters. The van der Waals surface area contributed by atoms with Crippen molar-refractivity contribution in [3.8, 4) is 46.0 Å². The van der Waals surface area contributed by atoms with Crippen molar-refractivity contribution >= 4 is 15.8 Å². The monoisotopic (exact) mass is 658 g/mol. The van der Waals surface area contributed by atoms with Gasteiger partial charge in [0.05, 0.1) is 18.1 Å². The summed E-state index contributed by atoms with van der Waals surface area (Å²) in [5.74, 6) is 1.04. The van der Waals surface area contributed by atoms with Gasteiger partial charge in [-0.1, -0.05) is 43.7 Å². The van der Waals surface area contributed by atoms with Crippen molar-refractivity contribution in [1.82, 2.24) is 35.6 Å². The number of hydrogen-bond donors (Lipinski definition) is 2. The highest BCUT2D eigenvalue weighted by molar-refractivity contribution is 7.92. The summed E-state index contributed by atoms with van der Waals surface area (Å²) in [6, 6.07) is 17.2. The Morgan fingerprint density at radius 2 is 1.89 bits per heavy atom. The van der Waals surface area contributed by atoms with Gasteiger partial charge in [-0.05, 0) is 72.0 Å². The van der Waals surface area contributed by atoms with Crippen molar-refractivity contribution in [2.45, 2.75) is 50.0 Å². The molecular formula is C32H34N8O6S. The van der Waals surface area contributed by atoms with Crippen molar-refractivity contribution in [2.75, 3.05) is 25.0 Å². The maximum absolute atomic E-state index is 14.1. The molecule has 0 saturated carbocycles. The molecule has 2 N–H and O–H groups in total. The number of sulfonamides is 1. The first-order chi connectivity index (χ1) is 22.9. The number of methoxy groups -OCH3 is 1. The highest BCUT2D eigenvalue weighted by Gasteiger charge is 2.28. The van der Waals surface area contributed by atoms with Crippen molar-refractivity contribution in [3.63, 3.8) is 0 Å². The van der Waals surface area contributed by atoms with Crippen LogP contribution in [0.2, 0.25) is 0 Å². The molecule has 1 aliphatic rings. The molecule has 0 amide bonds. The van der Waals surface area contributed by atoms with Crippen molar-refractivity contribution in [1.29, 1.82) is 0 Å². The molecule has 14 nitrogen and oxygen atoms in total. The number of hydrogen-bond acceptors (Lipinski definition) is 12. The van der Waals surface area contributed by atoms with Crippen LogP contribution >= 0.6 is 0 Å². The van der Waals surface area contributed by atoms with E-state index in [0.29, 0.717) is 47.2 Å². The van der Waals surface area contributed by atoms with E-state index in [9.17, 15) is 8.42 Å². The van der Waals surface area contributed by atoms with E-state index in [-0.39, 0.29) is 40.9 Å². The average Bonchev–Trinajstić information content (AvgIpc) is 3.83. The van der Waals surface area contributed by atoms with E-state index in [1.165, 1.54) is 7.11 Å². The van der Waals surface area contributed by atoms with Crippen molar-refractivity contribution in [3.05, 3.63) is 72.4 Å². The zero-order chi connectivity index (χ0) is 32.6. The molecular weight excluding hydrogens is 624 g/mol. The number of nitrogens with one attached hydrogen (secondary N) is 2. The topological polar surface area (TPSA) is 176 Å². The number of benzene rings is 2. The fourth-order valence-electron chi connectivity index (χ4n) is 5.07. The molecule has 1 aliphatic heterocycles. The van der Waals surface area contributed by atoms with Crippen LogP contribution in [0.15, 0.2) is 71.8 Å². The number of aromatic nitrogens is 7. The first-order valence-corrected chi connectivity index (χ1v) is 16.7. The highest BCUT2D eigenvalue weighted by Crippen LogP contribution is 2.42. The maximum Gasteiger partial charge on any atom is 0.263 e. The number of aromatic amines is 1. The molecule has 244 valence electrons. The Labute approximate surface area is 272 Å². The fraction of sp³-hybridized carbons (Fsp3) is 0.312. The van der Waals surface area contributed by atoms with Gasteiger partial charge in [-0.2, -0.15) is 4.98 Å². The molecule has 1 saturated heterocycles. The standard InChI is InChI=1S/C32H34N8O6S/c1-3-4-10-21-11-5-8-15-27(21)47(41,42)38-31-28(46-26-14-7-6-13-25(26)43-2)32(45-20-23-12-9-18-44-23)35-29(34-31)22-16-17-33-24(19-22)30-36-39-40-37-30/h5-8,11,13-17,19,23H,3-4,9-10,12,18,20H2,1-2H3,(H,34,35,38)(H,36,37,39,40). The van der Waals surface area contributed by atoms with Crippen molar-refractivity contribution < 1.29 is 27.4 Å². The first kappa shape index (κ1) is 31.8. The lowest BCUT2D eigenvalue weighted by Crippen LogP contribution is -2.19. The number of unbranched alkanes of at least 4 members (excludes halogenated alkanes) is 1. The number of para-hydroxylation sites is 2. The highest BCUT2D eigenvalue weighted by atomic mass is 32.2. The number of pyridine rings is 1. The third-order valence-corrected chi connectivity index (χ3v) is 8.88. The Bertz CT molecular complexity index is 1920. The van der Waals surface area contributed by atoms with Crippen LogP contribution in [-0.2, 0) is 21.2 Å². The van der Waals surface area contributed by atoms with Crippen LogP contribution in [0.1, 0.15) is 38.2 Å². The summed E-state index contributed by atoms with van der Waals surface area (Å²) in [6.45, 7) is 2.85. The molecule has 3 aromatic heterocycles. The Morgan fingerprint density at radius 3 is 2.66 bits per heavy atom. The Hall–Kier alpha value is -5.15. The molecule has 0 spiro atoms. The van der Waals surface area contributed by atoms with Gasteiger partial charge in [-0.25, -0.2) is 18.5 Å². The Balaban J connectivity index is 1.50. The number of aryl methyl sites for hydroxylation is 1. The minimum absolute atomic E-state index is 0.00747. The third kappa shape index (κ3) is 7.47. The molecule has 0 radical (unpaired) electrons. The summed E-state index contributed by atoms with van der Waals surface area (Å²) in [4.78, 5) is 13.9. The lowest BCUT2D eigenvalue weighted by Gasteiger charge is -2.20. The smallest absolute Gasteiger partial charge is 0.263 e. The Kier molecular flexibility index (Phi) is 9.83. The van der Waals surface area contributed by atoms with Gasteiger partial charge in [0.2, 0.25) is 5.75 Å². The van der Waals surface area contributed by atoms with Crippen LogP contribution in [0.25, 0.3) is 22.9 Å². The molecule has 0 aliphatic carbocycles. The van der Waals surface area contributed by atoms with Crippen molar-refractivity contribution in [2.24, 2.45) is 0 Å². The molecule has 15 heteroatoms. The molecule has 2 aromatic carbocycles. The summed E-state index contributed by atoms with van der Waals surface area (Å²) in [5, 5.41) is 13.9. The van der Waals surface area contributed by atoms with Crippen LogP contribution in [-0.4, -0.2) is 70.4 Å². The molecule has 4 heterocycles. The number of rotatable bonds is 14. The van der Waals surface area contributed by atoms with Crippen LogP contribution in [0, 0.1) is 0 Å². The molecule has 47 heavy (non-hydrogen) atoms. The SMILES string of the molecule is CCCCc1ccccc1S(=O)(=O)Nc1nc(-c2ccnc(-c3nnn[nH]3)c2)nc(OCC2CCCO2)c1Oc1ccccc1OC. The van der Waals surface area contributed by atoms with Gasteiger partial charge in [0.1, 0.15) is 12.3 Å². The predicted octanol–water partition coefficient (Wildman–Crippen LogP) is 5.22. The van der Waals surface area contributed by atoms with Crippen LogP contribution in [0.3, 0.4) is 0 Å². The van der Waals surface area contributed by atoms with Gasteiger partial charge in [0.25, 0.3) is 15.9 Å². The lowest BCUT2D eigenvalue weighted by atomic mass is 10.1. The van der Waals surface area contributed by atoms with Crippen LogP contribution < -0.4 is 18.9 Å². The van der Waals surface area contributed by atoms with Crippen LogP contribution in [0.4, 0.5) is 5.82 Å². The summed E-state index contributed by atoms with van der Waals surface area (Å²) in [6.07, 6.45) is 5.45. The molecule has 6 rings (SSSR count). The van der Waals surface area contributed by atoms with Gasteiger partial charge in [0.15, 0.2) is 29.0 Å². The molecule has 0 bridgehead atoms. The second-order valence-electron chi connectivity index (χ2n) is 10.7. The van der Waals surface area contributed by atoms with Gasteiger partial charge in [-0.3, -0.25) is 9.71 Å². The normalized spacial score (nSPS) is 14.6. The largest absolute Gasteiger partial charge is 0.493 e. The van der Waals surface area contributed by atoms with E-state index in [0.717, 1.165) is 25.7 Å². The molecule has 1 fully saturated rings. The summed E-state index contributed by atoms with van der Waals surface area (Å²) in [7, 11) is -2.66. The van der Waals surface area contributed by atoms with E-state index in [1.807, 2.05) is 12.1 Å². The third-order valence-electron chi connectivity index (χ3n) is 7.44. The van der Waals surface area contributed by atoms with Crippen LogP contribution in [0.5, 0.6) is 23.1 Å². The number of tetrazole rings is 1. The average molecular weight is 659 g/mol. The van der Waals surface area contributed by atoms with Gasteiger partial charge < -0.3 is 18.9 Å². The van der Waals surface area contributed by atoms with E-state index in [4.69, 9.17) is 28.9 Å². The predicted molar refractivity (Wildman–Crippen MR) is 172 cm³/mol.